The Hall–Kier alpha value is -0.570. The quantitative estimate of drug-likeness (QED) is 0.811. The van der Waals surface area contributed by atoms with Crippen molar-refractivity contribution in [3.05, 3.63) is 22.8 Å². The predicted octanol–water partition coefficient (Wildman–Crippen LogP) is 3.80. The van der Waals surface area contributed by atoms with E-state index in [9.17, 15) is 0 Å². The summed E-state index contributed by atoms with van der Waals surface area (Å²) in [5.41, 5.74) is 0.476. The van der Waals surface area contributed by atoms with Crippen LogP contribution in [0.1, 0.15) is 32.6 Å². The molecule has 15 heavy (non-hydrogen) atoms. The molecule has 0 aromatic carbocycles. The Labute approximate surface area is 99.2 Å². The summed E-state index contributed by atoms with van der Waals surface area (Å²) in [6.45, 7) is 3.06. The predicted molar refractivity (Wildman–Crippen MR) is 64.0 cm³/mol. The average Bonchev–Trinajstić information content (AvgIpc) is 2.99. The number of pyridine rings is 1. The Morgan fingerprint density at radius 2 is 2.27 bits per heavy atom. The summed E-state index contributed by atoms with van der Waals surface area (Å²) in [7, 11) is 0. The van der Waals surface area contributed by atoms with Crippen molar-refractivity contribution in [2.24, 2.45) is 5.41 Å². The van der Waals surface area contributed by atoms with Crippen LogP contribution < -0.4 is 4.74 Å². The van der Waals surface area contributed by atoms with Gasteiger partial charge in [-0.05, 0) is 41.3 Å². The molecule has 0 unspecified atom stereocenters. The van der Waals surface area contributed by atoms with E-state index in [1.807, 2.05) is 12.1 Å². The number of hydrogen-bond acceptors (Lipinski definition) is 2. The van der Waals surface area contributed by atoms with Crippen molar-refractivity contribution in [3.8, 4) is 5.88 Å². The van der Waals surface area contributed by atoms with Crippen molar-refractivity contribution in [2.75, 3.05) is 6.61 Å². The first-order valence-corrected chi connectivity index (χ1v) is 6.28. The highest BCUT2D eigenvalue weighted by atomic mass is 79.9. The lowest BCUT2D eigenvalue weighted by Crippen LogP contribution is -2.13. The van der Waals surface area contributed by atoms with Crippen LogP contribution in [0.4, 0.5) is 0 Å². The highest BCUT2D eigenvalue weighted by molar-refractivity contribution is 9.10. The van der Waals surface area contributed by atoms with Crippen LogP contribution in [0.15, 0.2) is 22.8 Å². The van der Waals surface area contributed by atoms with Crippen molar-refractivity contribution < 1.29 is 4.74 Å². The van der Waals surface area contributed by atoms with Gasteiger partial charge in [-0.25, -0.2) is 4.98 Å². The molecular formula is C12H16BrNO. The summed E-state index contributed by atoms with van der Waals surface area (Å²) in [6.07, 6.45) is 6.93. The van der Waals surface area contributed by atoms with E-state index in [1.165, 1.54) is 25.7 Å². The van der Waals surface area contributed by atoms with Gasteiger partial charge in [0.15, 0.2) is 0 Å². The zero-order valence-electron chi connectivity index (χ0n) is 9.00. The molecule has 2 nitrogen and oxygen atoms in total. The van der Waals surface area contributed by atoms with E-state index in [1.54, 1.807) is 6.20 Å². The third-order valence-electron chi connectivity index (χ3n) is 2.96. The maximum atomic E-state index is 5.71. The standard InChI is InChI=1S/C12H16BrNO/c1-2-5-12(6-7-12)9-15-11-4-3-10(13)8-14-11/h3-4,8H,2,5-7,9H2,1H3. The van der Waals surface area contributed by atoms with Gasteiger partial charge in [0.1, 0.15) is 0 Å². The molecule has 1 aromatic rings. The minimum absolute atomic E-state index is 0.476. The average molecular weight is 270 g/mol. The molecular weight excluding hydrogens is 254 g/mol. The second-order valence-corrected chi connectivity index (χ2v) is 5.27. The zero-order chi connectivity index (χ0) is 10.7. The first-order chi connectivity index (χ1) is 7.24. The van der Waals surface area contributed by atoms with Gasteiger partial charge < -0.3 is 4.74 Å². The zero-order valence-corrected chi connectivity index (χ0v) is 10.6. The molecule has 1 aliphatic carbocycles. The molecule has 0 bridgehead atoms. The van der Waals surface area contributed by atoms with Gasteiger partial charge in [0, 0.05) is 22.2 Å². The van der Waals surface area contributed by atoms with E-state index in [-0.39, 0.29) is 0 Å². The topological polar surface area (TPSA) is 22.1 Å². The van der Waals surface area contributed by atoms with Gasteiger partial charge in [0.05, 0.1) is 6.61 Å². The lowest BCUT2D eigenvalue weighted by Gasteiger charge is -2.14. The van der Waals surface area contributed by atoms with E-state index >= 15 is 0 Å². The van der Waals surface area contributed by atoms with Crippen LogP contribution in [-0.4, -0.2) is 11.6 Å². The van der Waals surface area contributed by atoms with Crippen LogP contribution in [0.2, 0.25) is 0 Å². The molecule has 0 atom stereocenters. The summed E-state index contributed by atoms with van der Waals surface area (Å²) in [5, 5.41) is 0. The molecule has 3 heteroatoms. The molecule has 0 N–H and O–H groups in total. The van der Waals surface area contributed by atoms with Crippen LogP contribution in [-0.2, 0) is 0 Å². The highest BCUT2D eigenvalue weighted by Crippen LogP contribution is 2.49. The number of rotatable bonds is 5. The fourth-order valence-corrected chi connectivity index (χ4v) is 2.08. The minimum Gasteiger partial charge on any atom is -0.477 e. The SMILES string of the molecule is CCCC1(COc2ccc(Br)cn2)CC1. The second-order valence-electron chi connectivity index (χ2n) is 4.35. The highest BCUT2D eigenvalue weighted by Gasteiger charge is 2.42. The molecule has 2 rings (SSSR count). The van der Waals surface area contributed by atoms with Crippen molar-refractivity contribution in [1.82, 2.24) is 4.98 Å². The van der Waals surface area contributed by atoms with Crippen molar-refractivity contribution in [1.29, 1.82) is 0 Å². The number of nitrogens with zero attached hydrogens (tertiary/aromatic N) is 1. The lowest BCUT2D eigenvalue weighted by molar-refractivity contribution is 0.216. The summed E-state index contributed by atoms with van der Waals surface area (Å²) in [5.74, 6) is 0.737. The maximum Gasteiger partial charge on any atom is 0.213 e. The number of hydrogen-bond donors (Lipinski definition) is 0. The molecule has 1 saturated carbocycles. The molecule has 1 fully saturated rings. The first kappa shape index (κ1) is 10.9. The maximum absolute atomic E-state index is 5.71. The third kappa shape index (κ3) is 2.94. The van der Waals surface area contributed by atoms with Crippen molar-refractivity contribution >= 4 is 15.9 Å². The largest absolute Gasteiger partial charge is 0.477 e. The summed E-state index contributed by atoms with van der Waals surface area (Å²) < 4.78 is 6.70. The Bertz CT molecular complexity index is 319. The van der Waals surface area contributed by atoms with Crippen LogP contribution in [0.3, 0.4) is 0 Å². The second kappa shape index (κ2) is 4.52. The molecule has 1 aliphatic rings. The summed E-state index contributed by atoms with van der Waals surface area (Å²) >= 11 is 3.36. The van der Waals surface area contributed by atoms with Gasteiger partial charge in [-0.2, -0.15) is 0 Å². The van der Waals surface area contributed by atoms with Crippen LogP contribution in [0, 0.1) is 5.41 Å². The number of ether oxygens (including phenoxy) is 1. The minimum atomic E-state index is 0.476. The van der Waals surface area contributed by atoms with E-state index in [2.05, 4.69) is 27.8 Å². The third-order valence-corrected chi connectivity index (χ3v) is 3.43. The molecule has 1 heterocycles. The number of halogens is 1. The first-order valence-electron chi connectivity index (χ1n) is 5.48. The Kier molecular flexibility index (Phi) is 3.29. The van der Waals surface area contributed by atoms with E-state index in [4.69, 9.17) is 4.74 Å². The lowest BCUT2D eigenvalue weighted by atomic mass is 10.0. The van der Waals surface area contributed by atoms with E-state index < -0.39 is 0 Å². The molecule has 0 radical (unpaired) electrons. The van der Waals surface area contributed by atoms with E-state index in [0.717, 1.165) is 17.0 Å². The monoisotopic (exact) mass is 269 g/mol. The number of aromatic nitrogens is 1. The van der Waals surface area contributed by atoms with Crippen molar-refractivity contribution in [3.63, 3.8) is 0 Å². The Morgan fingerprint density at radius 3 is 2.80 bits per heavy atom. The Balaban J connectivity index is 1.85. The van der Waals surface area contributed by atoms with Crippen LogP contribution in [0.25, 0.3) is 0 Å². The summed E-state index contributed by atoms with van der Waals surface area (Å²) in [6, 6.07) is 3.87. The molecule has 1 aromatic heterocycles. The molecule has 82 valence electrons. The van der Waals surface area contributed by atoms with Gasteiger partial charge in [-0.1, -0.05) is 13.3 Å². The van der Waals surface area contributed by atoms with Gasteiger partial charge in [0.2, 0.25) is 5.88 Å². The van der Waals surface area contributed by atoms with Gasteiger partial charge in [0.25, 0.3) is 0 Å². The molecule has 0 spiro atoms. The smallest absolute Gasteiger partial charge is 0.213 e. The van der Waals surface area contributed by atoms with Crippen LogP contribution >= 0.6 is 15.9 Å². The van der Waals surface area contributed by atoms with E-state index in [0.29, 0.717) is 5.41 Å². The molecule has 0 aliphatic heterocycles. The normalized spacial score (nSPS) is 17.5. The van der Waals surface area contributed by atoms with Gasteiger partial charge >= 0.3 is 0 Å². The van der Waals surface area contributed by atoms with Gasteiger partial charge in [-0.3, -0.25) is 0 Å². The molecule has 0 amide bonds. The van der Waals surface area contributed by atoms with Crippen LogP contribution in [0.5, 0.6) is 5.88 Å². The fraction of sp³-hybridized carbons (Fsp3) is 0.583. The van der Waals surface area contributed by atoms with Crippen molar-refractivity contribution in [2.45, 2.75) is 32.6 Å². The van der Waals surface area contributed by atoms with Gasteiger partial charge in [-0.15, -0.1) is 0 Å². The summed E-state index contributed by atoms with van der Waals surface area (Å²) in [4.78, 5) is 4.20. The fourth-order valence-electron chi connectivity index (χ4n) is 1.85. The Morgan fingerprint density at radius 1 is 1.47 bits per heavy atom. The molecule has 0 saturated heterocycles.